The Labute approximate surface area is 278 Å². The highest BCUT2D eigenvalue weighted by Crippen LogP contribution is 2.53. The summed E-state index contributed by atoms with van der Waals surface area (Å²) in [4.78, 5) is 23.5. The molecular formula is C30H48O2S8. The van der Waals surface area contributed by atoms with Gasteiger partial charge in [-0.15, -0.1) is 47.0 Å². The van der Waals surface area contributed by atoms with Crippen LogP contribution in [0.2, 0.25) is 0 Å². The molecule has 0 spiro atoms. The average Bonchev–Trinajstić information content (AvgIpc) is 3.65. The highest BCUT2D eigenvalue weighted by Gasteiger charge is 2.42. The fourth-order valence-corrected chi connectivity index (χ4v) is 19.0. The molecule has 3 fully saturated rings. The molecule has 3 rings (SSSR count). The van der Waals surface area contributed by atoms with Crippen molar-refractivity contribution in [3.8, 4) is 0 Å². The van der Waals surface area contributed by atoms with Gasteiger partial charge >= 0.3 is 0 Å². The number of hydrogen-bond donors (Lipinski definition) is 0. The molecule has 2 heterocycles. The SMILES string of the molecule is C=CC(=O)SCC1CSC(C(SCCCC)C2CCC(C(SCCCC)C3SCC(CSC(=O)C=C)S3)CC2)S1. The van der Waals surface area contributed by atoms with Crippen LogP contribution in [0.1, 0.15) is 65.2 Å². The van der Waals surface area contributed by atoms with E-state index in [2.05, 4.69) is 97.6 Å². The largest absolute Gasteiger partial charge is 0.282 e. The predicted octanol–water partition coefficient (Wildman–Crippen LogP) is 9.84. The van der Waals surface area contributed by atoms with Crippen LogP contribution in [0.4, 0.5) is 0 Å². The molecule has 0 bridgehead atoms. The highest BCUT2D eigenvalue weighted by molar-refractivity contribution is 8.23. The summed E-state index contributed by atoms with van der Waals surface area (Å²) in [5.74, 6) is 8.41. The third-order valence-corrected chi connectivity index (χ3v) is 20.8. The van der Waals surface area contributed by atoms with Crippen LogP contribution in [0.3, 0.4) is 0 Å². The average molecular weight is 697 g/mol. The van der Waals surface area contributed by atoms with Crippen molar-refractivity contribution in [2.45, 2.75) is 95.4 Å². The Bertz CT molecular complexity index is 724. The van der Waals surface area contributed by atoms with Gasteiger partial charge in [0.2, 0.25) is 10.2 Å². The van der Waals surface area contributed by atoms with Gasteiger partial charge in [-0.25, -0.2) is 0 Å². The van der Waals surface area contributed by atoms with E-state index in [9.17, 15) is 9.59 Å². The van der Waals surface area contributed by atoms with Gasteiger partial charge in [0.1, 0.15) is 0 Å². The molecular weight excluding hydrogens is 649 g/mol. The summed E-state index contributed by atoms with van der Waals surface area (Å²) in [5, 5.41) is 2.86. The number of rotatable bonds is 18. The van der Waals surface area contributed by atoms with Crippen molar-refractivity contribution in [3.63, 3.8) is 0 Å². The number of hydrogen-bond acceptors (Lipinski definition) is 10. The summed E-state index contributed by atoms with van der Waals surface area (Å²) < 4.78 is 1.33. The summed E-state index contributed by atoms with van der Waals surface area (Å²) in [6, 6.07) is 0. The van der Waals surface area contributed by atoms with Crippen LogP contribution in [0.25, 0.3) is 0 Å². The van der Waals surface area contributed by atoms with Crippen LogP contribution in [-0.4, -0.2) is 74.9 Å². The fraction of sp³-hybridized carbons (Fsp3) is 0.800. The topological polar surface area (TPSA) is 34.1 Å². The zero-order chi connectivity index (χ0) is 28.7. The summed E-state index contributed by atoms with van der Waals surface area (Å²) in [6.45, 7) is 11.9. The molecule has 1 saturated carbocycles. The van der Waals surface area contributed by atoms with E-state index in [0.717, 1.165) is 33.8 Å². The smallest absolute Gasteiger partial charge is 0.211 e. The molecule has 0 amide bonds. The van der Waals surface area contributed by atoms with E-state index in [0.29, 0.717) is 19.7 Å². The van der Waals surface area contributed by atoms with Crippen LogP contribution in [0.5, 0.6) is 0 Å². The lowest BCUT2D eigenvalue weighted by atomic mass is 9.79. The predicted molar refractivity (Wildman–Crippen MR) is 198 cm³/mol. The Balaban J connectivity index is 1.56. The molecule has 40 heavy (non-hydrogen) atoms. The van der Waals surface area contributed by atoms with E-state index < -0.39 is 0 Å². The van der Waals surface area contributed by atoms with Crippen molar-refractivity contribution < 1.29 is 9.59 Å². The maximum Gasteiger partial charge on any atom is 0.211 e. The lowest BCUT2D eigenvalue weighted by Crippen LogP contribution is -2.34. The number of thioether (sulfide) groups is 8. The van der Waals surface area contributed by atoms with Crippen molar-refractivity contribution in [2.24, 2.45) is 11.8 Å². The molecule has 0 radical (unpaired) electrons. The Kier molecular flexibility index (Phi) is 18.6. The van der Waals surface area contributed by atoms with Gasteiger partial charge in [0, 0.05) is 44.0 Å². The zero-order valence-corrected chi connectivity index (χ0v) is 30.7. The maximum absolute atomic E-state index is 11.8. The summed E-state index contributed by atoms with van der Waals surface area (Å²) in [6.07, 6.45) is 13.6. The Morgan fingerprint density at radius 3 is 1.50 bits per heavy atom. The lowest BCUT2D eigenvalue weighted by Gasteiger charge is -2.39. The third-order valence-electron chi connectivity index (χ3n) is 7.60. The van der Waals surface area contributed by atoms with Crippen molar-refractivity contribution in [2.75, 3.05) is 34.5 Å². The first-order valence-corrected chi connectivity index (χ1v) is 22.9. The maximum atomic E-state index is 11.8. The summed E-state index contributed by atoms with van der Waals surface area (Å²) >= 11 is 16.1. The van der Waals surface area contributed by atoms with Crippen LogP contribution >= 0.6 is 94.1 Å². The molecule has 10 heteroatoms. The standard InChI is InChI=1S/C30H48O2S8/c1-5-9-15-33-27(29-37-19-23(39-29)17-35-25(31)7-3)21-11-13-22(14-12-21)28(34-16-10-6-2)30-38-20-24(40-30)18-36-26(32)8-4/h7-8,21-24,27-30H,3-6,9-20H2,1-2H3. The number of carbonyl (C=O) groups excluding carboxylic acids is 2. The lowest BCUT2D eigenvalue weighted by molar-refractivity contribution is -0.107. The molecule has 2 saturated heterocycles. The van der Waals surface area contributed by atoms with Crippen LogP contribution in [0, 0.1) is 11.8 Å². The van der Waals surface area contributed by atoms with E-state index in [4.69, 9.17) is 0 Å². The quantitative estimate of drug-likeness (QED) is 0.102. The molecule has 0 aromatic carbocycles. The second-order valence-corrected chi connectivity index (χ2v) is 21.1. The van der Waals surface area contributed by atoms with Gasteiger partial charge in [0.15, 0.2) is 0 Å². The molecule has 1 aliphatic carbocycles. The number of unbranched alkanes of at least 4 members (excludes halogenated alkanes) is 2. The van der Waals surface area contributed by atoms with Crippen molar-refractivity contribution >= 4 is 104 Å². The van der Waals surface area contributed by atoms with Gasteiger partial charge < -0.3 is 0 Å². The van der Waals surface area contributed by atoms with Gasteiger partial charge in [-0.1, -0.05) is 63.4 Å². The van der Waals surface area contributed by atoms with E-state index in [1.807, 2.05) is 0 Å². The van der Waals surface area contributed by atoms with E-state index >= 15 is 0 Å². The van der Waals surface area contributed by atoms with Crippen molar-refractivity contribution in [3.05, 3.63) is 25.3 Å². The molecule has 2 nitrogen and oxygen atoms in total. The second-order valence-electron chi connectivity index (χ2n) is 10.6. The first-order valence-electron chi connectivity index (χ1n) is 14.8. The Morgan fingerprint density at radius 2 is 1.15 bits per heavy atom. The molecule has 228 valence electrons. The summed E-state index contributed by atoms with van der Waals surface area (Å²) in [7, 11) is 0. The van der Waals surface area contributed by atoms with Gasteiger partial charge in [-0.3, -0.25) is 9.59 Å². The molecule has 3 aliphatic rings. The van der Waals surface area contributed by atoms with Gasteiger partial charge in [0.25, 0.3) is 0 Å². The van der Waals surface area contributed by atoms with Crippen LogP contribution in [0.15, 0.2) is 25.3 Å². The molecule has 6 unspecified atom stereocenters. The Hall–Kier alpha value is 1.62. The van der Waals surface area contributed by atoms with Gasteiger partial charge in [-0.2, -0.15) is 23.5 Å². The normalized spacial score (nSPS) is 30.1. The monoisotopic (exact) mass is 696 g/mol. The molecule has 0 aromatic rings. The molecule has 6 atom stereocenters. The molecule has 2 aliphatic heterocycles. The second kappa shape index (κ2) is 20.6. The first kappa shape index (κ1) is 36.1. The number of carbonyl (C=O) groups is 2. The summed E-state index contributed by atoms with van der Waals surface area (Å²) in [5.41, 5.74) is 0. The van der Waals surface area contributed by atoms with Gasteiger partial charge in [0.05, 0.1) is 9.16 Å². The van der Waals surface area contributed by atoms with E-state index in [1.54, 1.807) is 0 Å². The minimum atomic E-state index is 0.113. The van der Waals surface area contributed by atoms with Crippen LogP contribution < -0.4 is 0 Å². The minimum absolute atomic E-state index is 0.113. The van der Waals surface area contributed by atoms with E-state index in [-0.39, 0.29) is 10.2 Å². The van der Waals surface area contributed by atoms with Gasteiger partial charge in [-0.05, 0) is 74.0 Å². The zero-order valence-electron chi connectivity index (χ0n) is 24.2. The van der Waals surface area contributed by atoms with Crippen LogP contribution in [-0.2, 0) is 9.59 Å². The minimum Gasteiger partial charge on any atom is -0.282 e. The van der Waals surface area contributed by atoms with Crippen molar-refractivity contribution in [1.82, 2.24) is 0 Å². The highest BCUT2D eigenvalue weighted by atomic mass is 32.2. The molecule has 0 N–H and O–H groups in total. The fourth-order valence-electron chi connectivity index (χ4n) is 5.33. The third kappa shape index (κ3) is 12.2. The molecule has 0 aromatic heterocycles. The van der Waals surface area contributed by atoms with Crippen molar-refractivity contribution in [1.29, 1.82) is 0 Å². The Morgan fingerprint density at radius 1 is 0.750 bits per heavy atom. The van der Waals surface area contributed by atoms with E-state index in [1.165, 1.54) is 110 Å². The first-order chi connectivity index (χ1) is 19.5.